The summed E-state index contributed by atoms with van der Waals surface area (Å²) in [6, 6.07) is 16.8. The molecule has 1 heterocycles. The molecular weight excluding hydrogens is 342 g/mol. The van der Waals surface area contributed by atoms with Crippen molar-refractivity contribution in [2.45, 2.75) is 12.0 Å². The first-order valence-corrected chi connectivity index (χ1v) is 8.04. The van der Waals surface area contributed by atoms with E-state index in [1.807, 2.05) is 18.2 Å². The molecule has 2 aromatic rings. The monoisotopic (exact) mass is 363 g/mol. The zero-order chi connectivity index (χ0) is 16.9. The number of ether oxygens (including phenoxy) is 1. The molecule has 1 saturated heterocycles. The van der Waals surface area contributed by atoms with E-state index in [2.05, 4.69) is 17.0 Å². The topological polar surface area (TPSA) is 81.6 Å². The highest BCUT2D eigenvalue weighted by Crippen LogP contribution is 2.27. The van der Waals surface area contributed by atoms with E-state index in [4.69, 9.17) is 10.5 Å². The van der Waals surface area contributed by atoms with Crippen molar-refractivity contribution in [3.05, 3.63) is 70.3 Å². The Kier molecular flexibility index (Phi) is 6.75. The summed E-state index contributed by atoms with van der Waals surface area (Å²) in [4.78, 5) is 12.8. The van der Waals surface area contributed by atoms with Crippen LogP contribution in [0, 0.1) is 10.1 Å². The average Bonchev–Trinajstić information content (AvgIpc) is 2.97. The molecule has 1 aliphatic rings. The summed E-state index contributed by atoms with van der Waals surface area (Å²) < 4.78 is 5.61. The van der Waals surface area contributed by atoms with Crippen molar-refractivity contribution >= 4 is 18.1 Å². The van der Waals surface area contributed by atoms with Crippen molar-refractivity contribution in [1.29, 1.82) is 0 Å². The molecule has 0 radical (unpaired) electrons. The second kappa shape index (κ2) is 8.80. The number of hydrogen-bond donors (Lipinski definition) is 1. The molecule has 0 aromatic heterocycles. The number of likely N-dealkylation sites (tertiary alicyclic amines) is 1. The third kappa shape index (κ3) is 4.69. The first kappa shape index (κ1) is 19.2. The Hall–Kier alpha value is -2.15. The molecule has 2 atom stereocenters. The van der Waals surface area contributed by atoms with E-state index < -0.39 is 4.92 Å². The molecule has 3 rings (SSSR count). The van der Waals surface area contributed by atoms with Gasteiger partial charge in [0.15, 0.2) is 5.75 Å². The third-order valence-corrected chi connectivity index (χ3v) is 4.40. The van der Waals surface area contributed by atoms with Crippen LogP contribution in [-0.4, -0.2) is 42.1 Å². The van der Waals surface area contributed by atoms with Crippen molar-refractivity contribution in [3.63, 3.8) is 0 Å². The number of nitro groups is 1. The highest BCUT2D eigenvalue weighted by atomic mass is 35.5. The summed E-state index contributed by atoms with van der Waals surface area (Å²) in [5, 5.41) is 11.0. The predicted octanol–water partition coefficient (Wildman–Crippen LogP) is 2.82. The van der Waals surface area contributed by atoms with Crippen LogP contribution in [0.3, 0.4) is 0 Å². The molecule has 2 N–H and O–H groups in total. The fourth-order valence-electron chi connectivity index (χ4n) is 3.16. The minimum Gasteiger partial charge on any atom is -0.485 e. The van der Waals surface area contributed by atoms with E-state index in [0.29, 0.717) is 24.8 Å². The molecule has 0 unspecified atom stereocenters. The number of hydrogen-bond acceptors (Lipinski definition) is 5. The van der Waals surface area contributed by atoms with Gasteiger partial charge in [-0.2, -0.15) is 0 Å². The largest absolute Gasteiger partial charge is 0.485 e. The van der Waals surface area contributed by atoms with Gasteiger partial charge in [0.2, 0.25) is 0 Å². The van der Waals surface area contributed by atoms with Gasteiger partial charge in [0, 0.05) is 37.7 Å². The minimum atomic E-state index is -0.424. The maximum atomic E-state index is 11.0. The normalized spacial score (nSPS) is 20.0. The van der Waals surface area contributed by atoms with Crippen molar-refractivity contribution in [2.75, 3.05) is 26.2 Å². The molecule has 7 heteroatoms. The highest BCUT2D eigenvalue weighted by molar-refractivity contribution is 5.85. The number of nitro benzene ring substituents is 1. The molecular formula is C18H22ClN3O3. The zero-order valence-electron chi connectivity index (χ0n) is 13.8. The van der Waals surface area contributed by atoms with Gasteiger partial charge in [0.25, 0.3) is 0 Å². The van der Waals surface area contributed by atoms with Crippen molar-refractivity contribution < 1.29 is 9.66 Å². The van der Waals surface area contributed by atoms with Gasteiger partial charge in [0.1, 0.15) is 6.61 Å². The van der Waals surface area contributed by atoms with Crippen LogP contribution >= 0.6 is 12.4 Å². The molecule has 0 bridgehead atoms. The summed E-state index contributed by atoms with van der Waals surface area (Å²) in [7, 11) is 0. The third-order valence-electron chi connectivity index (χ3n) is 4.40. The van der Waals surface area contributed by atoms with Crippen LogP contribution in [0.2, 0.25) is 0 Å². The predicted molar refractivity (Wildman–Crippen MR) is 99.4 cm³/mol. The second-order valence-electron chi connectivity index (χ2n) is 6.01. The summed E-state index contributed by atoms with van der Waals surface area (Å²) >= 11 is 0. The molecule has 0 spiro atoms. The molecule has 0 amide bonds. The van der Waals surface area contributed by atoms with Gasteiger partial charge < -0.3 is 10.5 Å². The molecule has 134 valence electrons. The molecule has 0 saturated carbocycles. The van der Waals surface area contributed by atoms with Gasteiger partial charge in [-0.3, -0.25) is 15.0 Å². The lowest BCUT2D eigenvalue weighted by atomic mass is 9.95. The fourth-order valence-corrected chi connectivity index (χ4v) is 3.16. The van der Waals surface area contributed by atoms with Gasteiger partial charge in [-0.05, 0) is 11.6 Å². The van der Waals surface area contributed by atoms with E-state index in [1.165, 1.54) is 11.6 Å². The number of rotatable bonds is 6. The Morgan fingerprint density at radius 3 is 2.52 bits per heavy atom. The Balaban J connectivity index is 0.00000225. The summed E-state index contributed by atoms with van der Waals surface area (Å²) in [6.07, 6.45) is 0. The van der Waals surface area contributed by atoms with Gasteiger partial charge >= 0.3 is 5.69 Å². The van der Waals surface area contributed by atoms with Crippen LogP contribution in [0.5, 0.6) is 5.75 Å². The molecule has 0 aliphatic carbocycles. The summed E-state index contributed by atoms with van der Waals surface area (Å²) in [5.74, 6) is 0.628. The lowest BCUT2D eigenvalue weighted by Gasteiger charge is -2.16. The average molecular weight is 364 g/mol. The number of nitrogens with zero attached hydrogens (tertiary/aromatic N) is 2. The quantitative estimate of drug-likeness (QED) is 0.630. The number of nitrogens with two attached hydrogens (primary N) is 1. The SMILES string of the molecule is Cl.N[C@@H]1CN(CCOc2ccccc2[N+](=O)[O-])C[C@H]1c1ccccc1. The van der Waals surface area contributed by atoms with E-state index in [9.17, 15) is 10.1 Å². The molecule has 1 aliphatic heterocycles. The Morgan fingerprint density at radius 1 is 1.12 bits per heavy atom. The van der Waals surface area contributed by atoms with Crippen molar-refractivity contribution in [3.8, 4) is 5.75 Å². The Bertz CT molecular complexity index is 699. The van der Waals surface area contributed by atoms with E-state index in [-0.39, 0.29) is 24.1 Å². The number of para-hydroxylation sites is 2. The first-order chi connectivity index (χ1) is 11.6. The van der Waals surface area contributed by atoms with Crippen LogP contribution in [-0.2, 0) is 0 Å². The van der Waals surface area contributed by atoms with Gasteiger partial charge in [0.05, 0.1) is 4.92 Å². The van der Waals surface area contributed by atoms with Crippen LogP contribution in [0.15, 0.2) is 54.6 Å². The van der Waals surface area contributed by atoms with E-state index >= 15 is 0 Å². The lowest BCUT2D eigenvalue weighted by Crippen LogP contribution is -2.30. The number of benzene rings is 2. The summed E-state index contributed by atoms with van der Waals surface area (Å²) in [5.41, 5.74) is 7.53. The van der Waals surface area contributed by atoms with E-state index in [0.717, 1.165) is 13.1 Å². The fraction of sp³-hybridized carbons (Fsp3) is 0.333. The van der Waals surface area contributed by atoms with Crippen LogP contribution in [0.1, 0.15) is 11.5 Å². The summed E-state index contributed by atoms with van der Waals surface area (Å²) in [6.45, 7) is 2.79. The first-order valence-electron chi connectivity index (χ1n) is 8.04. The van der Waals surface area contributed by atoms with Crippen LogP contribution in [0.25, 0.3) is 0 Å². The lowest BCUT2D eigenvalue weighted by molar-refractivity contribution is -0.385. The van der Waals surface area contributed by atoms with E-state index in [1.54, 1.807) is 18.2 Å². The minimum absolute atomic E-state index is 0. The maximum Gasteiger partial charge on any atom is 0.310 e. The second-order valence-corrected chi connectivity index (χ2v) is 6.01. The van der Waals surface area contributed by atoms with Crippen LogP contribution in [0.4, 0.5) is 5.69 Å². The zero-order valence-corrected chi connectivity index (χ0v) is 14.6. The Morgan fingerprint density at radius 2 is 1.80 bits per heavy atom. The van der Waals surface area contributed by atoms with Gasteiger partial charge in [-0.25, -0.2) is 0 Å². The molecule has 25 heavy (non-hydrogen) atoms. The molecule has 1 fully saturated rings. The van der Waals surface area contributed by atoms with Crippen molar-refractivity contribution in [2.24, 2.45) is 5.73 Å². The smallest absolute Gasteiger partial charge is 0.310 e. The number of halogens is 1. The van der Waals surface area contributed by atoms with Crippen LogP contribution < -0.4 is 10.5 Å². The van der Waals surface area contributed by atoms with Gasteiger partial charge in [-0.1, -0.05) is 42.5 Å². The standard InChI is InChI=1S/C18H21N3O3.ClH/c19-16-13-20(12-15(16)14-6-2-1-3-7-14)10-11-24-18-9-5-4-8-17(18)21(22)23;/h1-9,15-16H,10-13,19H2;1H/t15-,16+;/m0./s1. The Labute approximate surface area is 153 Å². The van der Waals surface area contributed by atoms with Gasteiger partial charge in [-0.15, -0.1) is 12.4 Å². The maximum absolute atomic E-state index is 11.0. The molecule has 2 aromatic carbocycles. The highest BCUT2D eigenvalue weighted by Gasteiger charge is 2.30. The molecule has 6 nitrogen and oxygen atoms in total. The van der Waals surface area contributed by atoms with Crippen molar-refractivity contribution in [1.82, 2.24) is 4.90 Å².